The summed E-state index contributed by atoms with van der Waals surface area (Å²) in [5.41, 5.74) is 2.03. The van der Waals surface area contributed by atoms with Crippen LogP contribution in [0.5, 0.6) is 5.75 Å². The first-order valence-electron chi connectivity index (χ1n) is 9.71. The second kappa shape index (κ2) is 9.49. The molecule has 7 nitrogen and oxygen atoms in total. The number of amides is 4. The number of para-hydroxylation sites is 2. The number of anilines is 2. The van der Waals surface area contributed by atoms with Crippen molar-refractivity contribution in [2.75, 3.05) is 16.8 Å². The first-order valence-corrected chi connectivity index (χ1v) is 10.5. The zero-order chi connectivity index (χ0) is 22.5. The number of carbonyl (C=O) groups excluding carboxylic acids is 3. The first kappa shape index (κ1) is 21.3. The highest BCUT2D eigenvalue weighted by molar-refractivity contribution is 9.10. The average Bonchev–Trinajstić information content (AvgIpc) is 3.07. The van der Waals surface area contributed by atoms with E-state index in [0.717, 1.165) is 4.90 Å². The molecule has 0 bridgehead atoms. The molecule has 0 saturated carbocycles. The molecule has 32 heavy (non-hydrogen) atoms. The van der Waals surface area contributed by atoms with Crippen LogP contribution in [0.4, 0.5) is 16.2 Å². The molecule has 4 rings (SSSR count). The molecular weight excluding hydrogens is 474 g/mol. The molecule has 4 amide bonds. The zero-order valence-corrected chi connectivity index (χ0v) is 18.3. The van der Waals surface area contributed by atoms with Gasteiger partial charge in [0.25, 0.3) is 11.8 Å². The fourth-order valence-electron chi connectivity index (χ4n) is 3.10. The molecule has 0 aliphatic carbocycles. The highest BCUT2D eigenvalue weighted by Gasteiger charge is 2.34. The molecule has 2 N–H and O–H groups in total. The van der Waals surface area contributed by atoms with Crippen LogP contribution in [-0.2, 0) is 9.59 Å². The number of nitrogens with zero attached hydrogens (tertiary/aromatic N) is 1. The molecule has 1 saturated heterocycles. The van der Waals surface area contributed by atoms with Crippen molar-refractivity contribution in [2.24, 2.45) is 0 Å². The molecule has 0 spiro atoms. The number of hydrogen-bond acceptors (Lipinski definition) is 4. The lowest BCUT2D eigenvalue weighted by Crippen LogP contribution is -2.30. The number of benzene rings is 3. The van der Waals surface area contributed by atoms with Crippen LogP contribution in [0.2, 0.25) is 0 Å². The Morgan fingerprint density at radius 1 is 1.00 bits per heavy atom. The quantitative estimate of drug-likeness (QED) is 0.390. The third-order valence-corrected chi connectivity index (χ3v) is 5.20. The zero-order valence-electron chi connectivity index (χ0n) is 16.7. The van der Waals surface area contributed by atoms with Crippen molar-refractivity contribution >= 4 is 51.2 Å². The van der Waals surface area contributed by atoms with Gasteiger partial charge in [-0.25, -0.2) is 9.69 Å². The summed E-state index contributed by atoms with van der Waals surface area (Å²) in [6, 6.07) is 22.5. The summed E-state index contributed by atoms with van der Waals surface area (Å²) in [5, 5.41) is 5.34. The number of rotatable bonds is 6. The van der Waals surface area contributed by atoms with Crippen LogP contribution in [0, 0.1) is 0 Å². The molecule has 160 valence electrons. The van der Waals surface area contributed by atoms with Crippen molar-refractivity contribution in [2.45, 2.75) is 0 Å². The highest BCUT2D eigenvalue weighted by atomic mass is 79.9. The number of carbonyl (C=O) groups is 3. The van der Waals surface area contributed by atoms with Crippen LogP contribution in [0.3, 0.4) is 0 Å². The summed E-state index contributed by atoms with van der Waals surface area (Å²) >= 11 is 3.42. The molecule has 0 unspecified atom stereocenters. The molecule has 1 heterocycles. The Labute approximate surface area is 192 Å². The van der Waals surface area contributed by atoms with Crippen LogP contribution in [0.15, 0.2) is 89.0 Å². The van der Waals surface area contributed by atoms with Gasteiger partial charge in [0, 0.05) is 5.69 Å². The normalized spacial score (nSPS) is 14.4. The predicted octanol–water partition coefficient (Wildman–Crippen LogP) is 4.56. The lowest BCUT2D eigenvalue weighted by Gasteiger charge is -2.11. The van der Waals surface area contributed by atoms with E-state index in [2.05, 4.69) is 26.6 Å². The Morgan fingerprint density at radius 2 is 1.69 bits per heavy atom. The second-order valence-corrected chi connectivity index (χ2v) is 7.71. The molecule has 1 aliphatic heterocycles. The molecule has 3 aromatic carbocycles. The fraction of sp³-hybridized carbons (Fsp3) is 0.0417. The van der Waals surface area contributed by atoms with Crippen LogP contribution in [0.1, 0.15) is 5.56 Å². The molecule has 1 aliphatic rings. The molecule has 3 aromatic rings. The van der Waals surface area contributed by atoms with E-state index < -0.39 is 11.9 Å². The van der Waals surface area contributed by atoms with Crippen LogP contribution < -0.4 is 20.3 Å². The number of halogens is 1. The Balaban J connectivity index is 1.42. The first-order chi connectivity index (χ1) is 15.5. The van der Waals surface area contributed by atoms with E-state index in [0.29, 0.717) is 27.2 Å². The number of ether oxygens (including phenoxy) is 1. The van der Waals surface area contributed by atoms with E-state index in [1.54, 1.807) is 60.7 Å². The number of hydrogen-bond donors (Lipinski definition) is 2. The summed E-state index contributed by atoms with van der Waals surface area (Å²) in [6.07, 6.45) is 1.58. The largest absolute Gasteiger partial charge is 0.483 e. The van der Waals surface area contributed by atoms with Gasteiger partial charge in [0.2, 0.25) is 0 Å². The van der Waals surface area contributed by atoms with Crippen LogP contribution in [0.25, 0.3) is 6.08 Å². The van der Waals surface area contributed by atoms with E-state index in [1.165, 1.54) is 0 Å². The Kier molecular flexibility index (Phi) is 6.32. The summed E-state index contributed by atoms with van der Waals surface area (Å²) < 4.78 is 6.19. The maximum absolute atomic E-state index is 12.7. The van der Waals surface area contributed by atoms with E-state index in [9.17, 15) is 14.4 Å². The van der Waals surface area contributed by atoms with Crippen molar-refractivity contribution in [3.8, 4) is 5.75 Å². The maximum Gasteiger partial charge on any atom is 0.333 e. The van der Waals surface area contributed by atoms with Crippen molar-refractivity contribution < 1.29 is 19.1 Å². The number of imide groups is 1. The molecule has 0 atom stereocenters. The molecule has 0 radical (unpaired) electrons. The summed E-state index contributed by atoms with van der Waals surface area (Å²) in [4.78, 5) is 38.1. The smallest absolute Gasteiger partial charge is 0.333 e. The van der Waals surface area contributed by atoms with Gasteiger partial charge in [0.1, 0.15) is 11.4 Å². The van der Waals surface area contributed by atoms with Gasteiger partial charge in [-0.05, 0) is 64.0 Å². The van der Waals surface area contributed by atoms with Crippen molar-refractivity contribution in [1.82, 2.24) is 5.32 Å². The van der Waals surface area contributed by atoms with Crippen molar-refractivity contribution in [1.29, 1.82) is 0 Å². The summed E-state index contributed by atoms with van der Waals surface area (Å²) in [5.74, 6) is -0.243. The average molecular weight is 492 g/mol. The Hall–Kier alpha value is -3.91. The highest BCUT2D eigenvalue weighted by Crippen LogP contribution is 2.28. The van der Waals surface area contributed by atoms with Crippen LogP contribution >= 0.6 is 15.9 Å². The third-order valence-electron chi connectivity index (χ3n) is 4.58. The fourth-order valence-corrected chi connectivity index (χ4v) is 3.61. The van der Waals surface area contributed by atoms with Gasteiger partial charge >= 0.3 is 6.03 Å². The lowest BCUT2D eigenvalue weighted by molar-refractivity contribution is -0.118. The minimum Gasteiger partial charge on any atom is -0.483 e. The maximum atomic E-state index is 12.7. The van der Waals surface area contributed by atoms with Gasteiger partial charge in [-0.3, -0.25) is 9.59 Å². The SMILES string of the molecule is O=C(COc1ccc(/C=C2\NC(=O)N(c3ccccc3)C2=O)cc1Br)Nc1ccccc1. The van der Waals surface area contributed by atoms with Crippen LogP contribution in [-0.4, -0.2) is 24.5 Å². The minimum absolute atomic E-state index is 0.158. The third kappa shape index (κ3) is 4.87. The number of urea groups is 1. The Morgan fingerprint density at radius 3 is 2.38 bits per heavy atom. The number of nitrogens with one attached hydrogen (secondary N) is 2. The molecular formula is C24H18BrN3O4. The van der Waals surface area contributed by atoms with Gasteiger partial charge in [0.15, 0.2) is 6.61 Å². The topological polar surface area (TPSA) is 87.7 Å². The van der Waals surface area contributed by atoms with Gasteiger partial charge in [0.05, 0.1) is 10.2 Å². The monoisotopic (exact) mass is 491 g/mol. The van der Waals surface area contributed by atoms with Crippen molar-refractivity contribution in [3.05, 3.63) is 94.6 Å². The lowest BCUT2D eigenvalue weighted by atomic mass is 10.2. The van der Waals surface area contributed by atoms with Gasteiger partial charge < -0.3 is 15.4 Å². The summed E-state index contributed by atoms with van der Waals surface area (Å²) in [7, 11) is 0. The van der Waals surface area contributed by atoms with Gasteiger partial charge in [-0.15, -0.1) is 0 Å². The molecule has 1 fully saturated rings. The summed E-state index contributed by atoms with van der Waals surface area (Å²) in [6.45, 7) is -0.158. The molecule has 0 aromatic heterocycles. The van der Waals surface area contributed by atoms with E-state index in [-0.39, 0.29) is 18.2 Å². The second-order valence-electron chi connectivity index (χ2n) is 6.86. The Bertz CT molecular complexity index is 1200. The van der Waals surface area contributed by atoms with E-state index in [1.807, 2.05) is 24.3 Å². The predicted molar refractivity (Wildman–Crippen MR) is 125 cm³/mol. The van der Waals surface area contributed by atoms with E-state index in [4.69, 9.17) is 4.74 Å². The van der Waals surface area contributed by atoms with Gasteiger partial charge in [-0.2, -0.15) is 0 Å². The van der Waals surface area contributed by atoms with E-state index >= 15 is 0 Å². The van der Waals surface area contributed by atoms with Crippen molar-refractivity contribution in [3.63, 3.8) is 0 Å². The van der Waals surface area contributed by atoms with Gasteiger partial charge in [-0.1, -0.05) is 42.5 Å². The minimum atomic E-state index is -0.504. The molecule has 8 heteroatoms. The standard InChI is InChI=1S/C24H18BrN3O4/c25-19-13-16(11-12-21(19)32-15-22(29)26-17-7-3-1-4-8-17)14-20-23(30)28(24(31)27-20)18-9-5-2-6-10-18/h1-14H,15H2,(H,26,29)(H,27,31)/b20-14-.